The maximum atomic E-state index is 13.1. The highest BCUT2D eigenvalue weighted by atomic mass is 16.3. The van der Waals surface area contributed by atoms with Crippen molar-refractivity contribution in [2.45, 2.75) is 45.6 Å². The van der Waals surface area contributed by atoms with E-state index in [0.717, 1.165) is 54.6 Å². The zero-order valence-corrected chi connectivity index (χ0v) is 23.0. The molecule has 0 unspecified atom stereocenters. The van der Waals surface area contributed by atoms with Crippen LogP contribution in [0.4, 0.5) is 5.69 Å². The van der Waals surface area contributed by atoms with E-state index in [1.165, 1.54) is 24.8 Å². The smallest absolute Gasteiger partial charge is 0.253 e. The minimum absolute atomic E-state index is 0.0283. The lowest BCUT2D eigenvalue weighted by molar-refractivity contribution is 0.0793. The first-order valence-corrected chi connectivity index (χ1v) is 14.1. The Bertz CT molecular complexity index is 1430. The van der Waals surface area contributed by atoms with E-state index in [-0.39, 0.29) is 11.8 Å². The van der Waals surface area contributed by atoms with Crippen LogP contribution >= 0.6 is 0 Å². The van der Waals surface area contributed by atoms with Crippen LogP contribution in [0.25, 0.3) is 10.9 Å². The van der Waals surface area contributed by atoms with E-state index in [1.807, 2.05) is 67.7 Å². The van der Waals surface area contributed by atoms with E-state index >= 15 is 0 Å². The predicted molar refractivity (Wildman–Crippen MR) is 159 cm³/mol. The molecule has 3 aromatic carbocycles. The second kappa shape index (κ2) is 12.3. The van der Waals surface area contributed by atoms with Crippen LogP contribution in [0.1, 0.15) is 66.1 Å². The summed E-state index contributed by atoms with van der Waals surface area (Å²) < 4.78 is 0. The standard InChI is InChI=1S/C33H38N4O2/c1-3-4-19-36(2)33(39)26-15-18-29-28(22-26)30(32(38)35-29)31(25-11-7-5-8-12-25)34-27-16-13-24(14-17-27)23-37-20-9-6-10-21-37/h5,7-8,11-18,22,35,38H,3-4,6,9-10,19-21,23H2,1-2H3. The fraction of sp³-hybridized carbons (Fsp3) is 0.333. The summed E-state index contributed by atoms with van der Waals surface area (Å²) in [7, 11) is 1.84. The first-order chi connectivity index (χ1) is 19.0. The highest BCUT2D eigenvalue weighted by Gasteiger charge is 2.21. The number of likely N-dealkylation sites (tertiary alicyclic amines) is 1. The number of benzene rings is 3. The Balaban J connectivity index is 1.52. The highest BCUT2D eigenvalue weighted by molar-refractivity contribution is 6.22. The number of nitrogens with zero attached hydrogens (tertiary/aromatic N) is 3. The van der Waals surface area contributed by atoms with Crippen LogP contribution in [0.5, 0.6) is 5.88 Å². The summed E-state index contributed by atoms with van der Waals surface area (Å²) in [5, 5.41) is 11.9. The number of fused-ring (bicyclic) bond motifs is 1. The molecule has 6 nitrogen and oxygen atoms in total. The number of nitrogens with one attached hydrogen (secondary N) is 1. The van der Waals surface area contributed by atoms with Crippen LogP contribution in [-0.4, -0.2) is 58.2 Å². The first kappa shape index (κ1) is 26.7. The van der Waals surface area contributed by atoms with Crippen molar-refractivity contribution in [1.82, 2.24) is 14.8 Å². The Morgan fingerprint density at radius 2 is 1.72 bits per heavy atom. The zero-order valence-electron chi connectivity index (χ0n) is 23.0. The minimum Gasteiger partial charge on any atom is -0.494 e. The molecule has 0 aliphatic carbocycles. The number of carbonyl (C=O) groups excluding carboxylic acids is 1. The maximum absolute atomic E-state index is 13.1. The highest BCUT2D eigenvalue weighted by Crippen LogP contribution is 2.32. The number of unbranched alkanes of at least 4 members (excludes halogenated alkanes) is 1. The van der Waals surface area contributed by atoms with Gasteiger partial charge in [0.1, 0.15) is 0 Å². The van der Waals surface area contributed by atoms with Gasteiger partial charge in [-0.25, -0.2) is 4.99 Å². The van der Waals surface area contributed by atoms with Crippen molar-refractivity contribution in [3.63, 3.8) is 0 Å². The van der Waals surface area contributed by atoms with Crippen LogP contribution in [0.15, 0.2) is 77.8 Å². The molecular formula is C33H38N4O2. The van der Waals surface area contributed by atoms with E-state index < -0.39 is 0 Å². The molecule has 1 aliphatic rings. The second-order valence-electron chi connectivity index (χ2n) is 10.5. The Hall–Kier alpha value is -3.90. The van der Waals surface area contributed by atoms with E-state index in [1.54, 1.807) is 4.90 Å². The number of aliphatic imine (C=N–C) groups is 1. The second-order valence-corrected chi connectivity index (χ2v) is 10.5. The first-order valence-electron chi connectivity index (χ1n) is 14.1. The molecule has 0 bridgehead atoms. The number of rotatable bonds is 9. The quantitative estimate of drug-likeness (QED) is 0.235. The molecule has 2 heterocycles. The monoisotopic (exact) mass is 522 g/mol. The Morgan fingerprint density at radius 1 is 0.974 bits per heavy atom. The van der Waals surface area contributed by atoms with Crippen LogP contribution in [-0.2, 0) is 6.54 Å². The molecule has 0 saturated carbocycles. The van der Waals surface area contributed by atoms with Gasteiger partial charge in [-0.05, 0) is 68.2 Å². The summed E-state index contributed by atoms with van der Waals surface area (Å²) in [6, 6.07) is 23.8. The average molecular weight is 523 g/mol. The SMILES string of the molecule is CCCCN(C)C(=O)c1ccc2[nH]c(O)c(C(=Nc3ccc(CN4CCCCC4)cc3)c3ccccc3)c2c1. The van der Waals surface area contributed by atoms with Crippen molar-refractivity contribution < 1.29 is 9.90 Å². The normalized spacial score (nSPS) is 14.6. The lowest BCUT2D eigenvalue weighted by atomic mass is 9.99. The lowest BCUT2D eigenvalue weighted by Gasteiger charge is -2.26. The van der Waals surface area contributed by atoms with Crippen LogP contribution in [0.3, 0.4) is 0 Å². The molecule has 0 radical (unpaired) electrons. The number of aromatic amines is 1. The largest absolute Gasteiger partial charge is 0.494 e. The summed E-state index contributed by atoms with van der Waals surface area (Å²) >= 11 is 0. The van der Waals surface area contributed by atoms with E-state index in [9.17, 15) is 9.90 Å². The zero-order chi connectivity index (χ0) is 27.2. The number of piperidine rings is 1. The minimum atomic E-state index is -0.0283. The third-order valence-electron chi connectivity index (χ3n) is 7.54. The van der Waals surface area contributed by atoms with Crippen LogP contribution < -0.4 is 0 Å². The molecular weight excluding hydrogens is 484 g/mol. The molecule has 1 saturated heterocycles. The summed E-state index contributed by atoms with van der Waals surface area (Å²) in [6.45, 7) is 6.12. The molecule has 1 aliphatic heterocycles. The number of hydrogen-bond acceptors (Lipinski definition) is 4. The number of amides is 1. The van der Waals surface area contributed by atoms with E-state index in [0.29, 0.717) is 23.4 Å². The topological polar surface area (TPSA) is 71.9 Å². The van der Waals surface area contributed by atoms with Crippen molar-refractivity contribution >= 4 is 28.2 Å². The van der Waals surface area contributed by atoms with Gasteiger partial charge in [0.25, 0.3) is 5.91 Å². The third kappa shape index (κ3) is 6.23. The van der Waals surface area contributed by atoms with Gasteiger partial charge in [-0.15, -0.1) is 0 Å². The molecule has 1 fully saturated rings. The fourth-order valence-electron chi connectivity index (χ4n) is 5.31. The van der Waals surface area contributed by atoms with Gasteiger partial charge < -0.3 is 15.0 Å². The van der Waals surface area contributed by atoms with Crippen molar-refractivity contribution in [2.24, 2.45) is 4.99 Å². The average Bonchev–Trinajstić information content (AvgIpc) is 3.30. The Kier molecular flexibility index (Phi) is 8.42. The molecule has 202 valence electrons. The van der Waals surface area contributed by atoms with Crippen molar-refractivity contribution in [1.29, 1.82) is 0 Å². The lowest BCUT2D eigenvalue weighted by Crippen LogP contribution is -2.28. The van der Waals surface area contributed by atoms with Crippen LogP contribution in [0.2, 0.25) is 0 Å². The molecule has 2 N–H and O–H groups in total. The molecule has 1 amide bonds. The fourth-order valence-corrected chi connectivity index (χ4v) is 5.31. The Morgan fingerprint density at radius 3 is 2.44 bits per heavy atom. The van der Waals surface area contributed by atoms with E-state index in [2.05, 4.69) is 28.9 Å². The number of carbonyl (C=O) groups is 1. The molecule has 0 spiro atoms. The van der Waals surface area contributed by atoms with E-state index in [4.69, 9.17) is 4.99 Å². The van der Waals surface area contributed by atoms with Gasteiger partial charge in [-0.1, -0.05) is 62.2 Å². The van der Waals surface area contributed by atoms with Crippen molar-refractivity contribution in [2.75, 3.05) is 26.7 Å². The van der Waals surface area contributed by atoms with Gasteiger partial charge in [0.2, 0.25) is 0 Å². The summed E-state index contributed by atoms with van der Waals surface area (Å²) in [6.07, 6.45) is 5.88. The Labute approximate surface area is 231 Å². The van der Waals surface area contributed by atoms with Crippen molar-refractivity contribution in [3.05, 3.63) is 95.1 Å². The van der Waals surface area contributed by atoms with Gasteiger partial charge in [0.15, 0.2) is 5.88 Å². The van der Waals surface area contributed by atoms with Gasteiger partial charge in [0.05, 0.1) is 17.0 Å². The summed E-state index contributed by atoms with van der Waals surface area (Å²) in [5.41, 5.74) is 5.60. The molecule has 4 aromatic rings. The molecule has 6 heteroatoms. The summed E-state index contributed by atoms with van der Waals surface area (Å²) in [5.74, 6) is 0.0118. The van der Waals surface area contributed by atoms with Gasteiger partial charge in [-0.3, -0.25) is 9.69 Å². The van der Waals surface area contributed by atoms with Crippen LogP contribution in [0, 0.1) is 0 Å². The number of H-pyrrole nitrogens is 1. The maximum Gasteiger partial charge on any atom is 0.253 e. The number of aromatic nitrogens is 1. The van der Waals surface area contributed by atoms with Gasteiger partial charge in [0, 0.05) is 42.2 Å². The molecule has 39 heavy (non-hydrogen) atoms. The van der Waals surface area contributed by atoms with Crippen molar-refractivity contribution in [3.8, 4) is 5.88 Å². The van der Waals surface area contributed by atoms with Gasteiger partial charge in [-0.2, -0.15) is 0 Å². The molecule has 1 aromatic heterocycles. The van der Waals surface area contributed by atoms with Gasteiger partial charge >= 0.3 is 0 Å². The molecule has 5 rings (SSSR count). The number of aromatic hydroxyl groups is 1. The molecule has 0 atom stereocenters. The predicted octanol–water partition coefficient (Wildman–Crippen LogP) is 6.90. The number of hydrogen-bond donors (Lipinski definition) is 2. The summed E-state index contributed by atoms with van der Waals surface area (Å²) in [4.78, 5) is 25.5. The third-order valence-corrected chi connectivity index (χ3v) is 7.54.